The van der Waals surface area contributed by atoms with Crippen LogP contribution in [0.15, 0.2) is 60.7 Å². The van der Waals surface area contributed by atoms with Gasteiger partial charge in [0, 0.05) is 0 Å². The molecule has 3 unspecified atom stereocenters. The molecule has 0 bridgehead atoms. The summed E-state index contributed by atoms with van der Waals surface area (Å²) in [5.74, 6) is -2.26. The molecule has 2 N–H and O–H groups in total. The van der Waals surface area contributed by atoms with Crippen LogP contribution >= 0.6 is 34.8 Å². The van der Waals surface area contributed by atoms with E-state index in [2.05, 4.69) is 0 Å². The first-order chi connectivity index (χ1) is 16.7. The third-order valence-electron chi connectivity index (χ3n) is 6.04. The molecule has 1 heterocycles. The van der Waals surface area contributed by atoms with E-state index in [0.717, 1.165) is 11.1 Å². The smallest absolute Gasteiger partial charge is 0.338 e. The van der Waals surface area contributed by atoms with Crippen molar-refractivity contribution in [1.29, 1.82) is 5.41 Å². The molecule has 2 aliphatic rings. The van der Waals surface area contributed by atoms with Gasteiger partial charge in [0.25, 0.3) is 3.79 Å². The number of carbonyl (C=O) groups is 1. The SMILES string of the molecule is COC(=O)C1O[C@@H](OC(=N)C(Cl)(Cl)Cl)C(OCc2ccccc2)[C@H]2C(O)[C@@]12OCc1ccccc1. The fourth-order valence-electron chi connectivity index (χ4n) is 4.26. The van der Waals surface area contributed by atoms with Crippen LogP contribution in [0, 0.1) is 11.3 Å². The summed E-state index contributed by atoms with van der Waals surface area (Å²) in [6.45, 7) is 0.239. The highest BCUT2D eigenvalue weighted by Crippen LogP contribution is 2.58. The predicted molar refractivity (Wildman–Crippen MR) is 128 cm³/mol. The van der Waals surface area contributed by atoms with Gasteiger partial charge in [-0.3, -0.25) is 5.41 Å². The van der Waals surface area contributed by atoms with Crippen LogP contribution in [0.5, 0.6) is 0 Å². The fraction of sp³-hybridized carbons (Fsp3) is 0.417. The Kier molecular flexibility index (Phi) is 7.92. The average molecular weight is 545 g/mol. The summed E-state index contributed by atoms with van der Waals surface area (Å²) in [4.78, 5) is 12.7. The van der Waals surface area contributed by atoms with Crippen molar-refractivity contribution < 1.29 is 33.6 Å². The van der Waals surface area contributed by atoms with Crippen molar-refractivity contribution in [3.63, 3.8) is 0 Å². The number of hydrogen-bond donors (Lipinski definition) is 2. The predicted octanol–water partition coefficient (Wildman–Crippen LogP) is 3.78. The highest BCUT2D eigenvalue weighted by atomic mass is 35.6. The lowest BCUT2D eigenvalue weighted by Gasteiger charge is -2.39. The van der Waals surface area contributed by atoms with E-state index in [1.54, 1.807) is 0 Å². The Balaban J connectivity index is 1.62. The van der Waals surface area contributed by atoms with Crippen molar-refractivity contribution in [2.75, 3.05) is 7.11 Å². The van der Waals surface area contributed by atoms with Gasteiger partial charge >= 0.3 is 5.97 Å². The molecule has 1 aliphatic heterocycles. The van der Waals surface area contributed by atoms with Crippen molar-refractivity contribution in [2.24, 2.45) is 5.92 Å². The monoisotopic (exact) mass is 543 g/mol. The molecule has 11 heteroatoms. The zero-order valence-corrected chi connectivity index (χ0v) is 20.9. The van der Waals surface area contributed by atoms with Crippen molar-refractivity contribution in [3.05, 3.63) is 71.8 Å². The molecule has 2 aromatic rings. The van der Waals surface area contributed by atoms with Crippen LogP contribution in [0.1, 0.15) is 11.1 Å². The lowest BCUT2D eigenvalue weighted by Crippen LogP contribution is -2.56. The number of aliphatic hydroxyl groups excluding tert-OH is 1. The third-order valence-corrected chi connectivity index (χ3v) is 6.56. The van der Waals surface area contributed by atoms with E-state index in [-0.39, 0.29) is 13.2 Å². The first-order valence-corrected chi connectivity index (χ1v) is 11.9. The summed E-state index contributed by atoms with van der Waals surface area (Å²) >= 11 is 17.4. The zero-order chi connectivity index (χ0) is 25.2. The summed E-state index contributed by atoms with van der Waals surface area (Å²) < 4.78 is 26.4. The van der Waals surface area contributed by atoms with Gasteiger partial charge in [-0.1, -0.05) is 95.5 Å². The van der Waals surface area contributed by atoms with Gasteiger partial charge in [-0.05, 0) is 11.1 Å². The molecule has 2 aromatic carbocycles. The quantitative estimate of drug-likeness (QED) is 0.225. The Morgan fingerprint density at radius 3 is 2.17 bits per heavy atom. The minimum Gasteiger partial charge on any atom is -0.467 e. The maximum Gasteiger partial charge on any atom is 0.338 e. The number of methoxy groups -OCH3 is 1. The maximum atomic E-state index is 12.7. The second-order valence-electron chi connectivity index (χ2n) is 8.21. The summed E-state index contributed by atoms with van der Waals surface area (Å²) in [6, 6.07) is 18.6. The number of ether oxygens (including phenoxy) is 5. The van der Waals surface area contributed by atoms with Gasteiger partial charge in [-0.25, -0.2) is 4.79 Å². The van der Waals surface area contributed by atoms with Gasteiger partial charge in [-0.2, -0.15) is 0 Å². The first kappa shape index (κ1) is 26.2. The Bertz CT molecular complexity index is 1040. The van der Waals surface area contributed by atoms with Crippen LogP contribution in [-0.4, -0.2) is 58.1 Å². The Morgan fingerprint density at radius 1 is 1.06 bits per heavy atom. The molecular weight excluding hydrogens is 521 g/mol. The summed E-state index contributed by atoms with van der Waals surface area (Å²) in [5.41, 5.74) is 0.233. The molecule has 1 saturated heterocycles. The van der Waals surface area contributed by atoms with E-state index < -0.39 is 51.8 Å². The van der Waals surface area contributed by atoms with Crippen LogP contribution in [-0.2, 0) is 41.7 Å². The number of halogens is 3. The molecule has 35 heavy (non-hydrogen) atoms. The van der Waals surface area contributed by atoms with Crippen molar-refractivity contribution >= 4 is 46.7 Å². The third kappa shape index (κ3) is 5.44. The lowest BCUT2D eigenvalue weighted by molar-refractivity contribution is -0.266. The number of benzene rings is 2. The molecule has 0 aromatic heterocycles. The second kappa shape index (κ2) is 10.6. The minimum atomic E-state index is -2.17. The number of hydrogen-bond acceptors (Lipinski definition) is 8. The molecule has 1 saturated carbocycles. The van der Waals surface area contributed by atoms with Crippen LogP contribution in [0.2, 0.25) is 0 Å². The van der Waals surface area contributed by atoms with E-state index in [1.165, 1.54) is 7.11 Å². The number of alkyl halides is 3. The number of rotatable bonds is 8. The van der Waals surface area contributed by atoms with Crippen LogP contribution in [0.3, 0.4) is 0 Å². The number of nitrogens with one attached hydrogen (secondary N) is 1. The summed E-state index contributed by atoms with van der Waals surface area (Å²) in [6.07, 6.45) is -4.84. The number of fused-ring (bicyclic) bond motifs is 1. The zero-order valence-electron chi connectivity index (χ0n) is 18.6. The molecule has 1 aliphatic carbocycles. The highest BCUT2D eigenvalue weighted by molar-refractivity contribution is 6.76. The molecule has 0 radical (unpaired) electrons. The average Bonchev–Trinajstić information content (AvgIpc) is 3.46. The van der Waals surface area contributed by atoms with Gasteiger partial charge in [0.2, 0.25) is 12.2 Å². The standard InChI is InChI=1S/C24H24Cl3NO7/c1-31-20(30)19-23(33-13-15-10-6-3-7-11-15)16(18(23)29)17(32-12-14-8-4-2-5-9-14)21(34-19)35-22(28)24(25,26)27/h2-11,16-19,21,28-29H,12-13H2,1H3/t16-,17?,18?,19?,21-,23+/m0/s1. The summed E-state index contributed by atoms with van der Waals surface area (Å²) in [5, 5.41) is 19.1. The van der Waals surface area contributed by atoms with Crippen LogP contribution < -0.4 is 0 Å². The number of carbonyl (C=O) groups excluding carboxylic acids is 1. The van der Waals surface area contributed by atoms with E-state index >= 15 is 0 Å². The van der Waals surface area contributed by atoms with Gasteiger partial charge in [0.05, 0.1) is 32.3 Å². The molecule has 6 atom stereocenters. The van der Waals surface area contributed by atoms with Crippen LogP contribution in [0.4, 0.5) is 0 Å². The van der Waals surface area contributed by atoms with Gasteiger partial charge < -0.3 is 28.8 Å². The number of aliphatic hydroxyl groups is 1. The number of esters is 1. The van der Waals surface area contributed by atoms with Gasteiger partial charge in [0.15, 0.2) is 6.10 Å². The molecule has 0 spiro atoms. The normalized spacial score (nSPS) is 29.7. The lowest BCUT2D eigenvalue weighted by atomic mass is 10.0. The Labute approximate surface area is 217 Å². The molecule has 0 amide bonds. The molecule has 2 fully saturated rings. The molecular formula is C24H24Cl3NO7. The minimum absolute atomic E-state index is 0.103. The molecule has 188 valence electrons. The van der Waals surface area contributed by atoms with E-state index in [1.807, 2.05) is 60.7 Å². The Hall–Kier alpha value is -1.91. The molecule has 4 rings (SSSR count). The van der Waals surface area contributed by atoms with Crippen molar-refractivity contribution in [2.45, 2.75) is 47.2 Å². The summed E-state index contributed by atoms with van der Waals surface area (Å²) in [7, 11) is 1.19. The van der Waals surface area contributed by atoms with E-state index in [9.17, 15) is 9.90 Å². The van der Waals surface area contributed by atoms with Crippen molar-refractivity contribution in [3.8, 4) is 0 Å². The van der Waals surface area contributed by atoms with Crippen molar-refractivity contribution in [1.82, 2.24) is 0 Å². The fourth-order valence-corrected chi connectivity index (χ4v) is 4.39. The van der Waals surface area contributed by atoms with E-state index in [0.29, 0.717) is 0 Å². The first-order valence-electron chi connectivity index (χ1n) is 10.8. The van der Waals surface area contributed by atoms with E-state index in [4.69, 9.17) is 63.9 Å². The topological polar surface area (TPSA) is 107 Å². The maximum absolute atomic E-state index is 12.7. The van der Waals surface area contributed by atoms with Gasteiger partial charge in [0.1, 0.15) is 11.7 Å². The van der Waals surface area contributed by atoms with Gasteiger partial charge in [-0.15, -0.1) is 0 Å². The molecule has 8 nitrogen and oxygen atoms in total. The second-order valence-corrected chi connectivity index (χ2v) is 10.5. The Morgan fingerprint density at radius 2 is 1.63 bits per heavy atom. The highest BCUT2D eigenvalue weighted by Gasteiger charge is 2.80. The van der Waals surface area contributed by atoms with Crippen LogP contribution in [0.25, 0.3) is 0 Å². The largest absolute Gasteiger partial charge is 0.467 e.